The zero-order chi connectivity index (χ0) is 11.4. The summed E-state index contributed by atoms with van der Waals surface area (Å²) < 4.78 is 4.52. The lowest BCUT2D eigenvalue weighted by molar-refractivity contribution is 0.0600. The number of halogens is 1. The van der Waals surface area contributed by atoms with E-state index in [0.717, 1.165) is 0 Å². The van der Waals surface area contributed by atoms with Crippen LogP contribution in [-0.4, -0.2) is 26.0 Å². The van der Waals surface area contributed by atoms with Gasteiger partial charge in [-0.15, -0.1) is 0 Å². The van der Waals surface area contributed by atoms with Gasteiger partial charge in [0.05, 0.1) is 23.3 Å². The number of hydrogen-bond donors (Lipinski definition) is 1. The summed E-state index contributed by atoms with van der Waals surface area (Å²) in [5.74, 6) is -0.781. The molecule has 0 atom stereocenters. The molecule has 0 saturated carbocycles. The fraction of sp³-hybridized carbons (Fsp3) is 0.200. The highest BCUT2D eigenvalue weighted by Crippen LogP contribution is 2.18. The molecule has 0 aromatic heterocycles. The Kier molecular flexibility index (Phi) is 3.68. The molecule has 0 spiro atoms. The molecule has 1 amide bonds. The Morgan fingerprint density at radius 2 is 2.07 bits per heavy atom. The number of nitrogens with one attached hydrogen (secondary N) is 1. The molecule has 0 fully saturated rings. The van der Waals surface area contributed by atoms with E-state index >= 15 is 0 Å². The van der Waals surface area contributed by atoms with Gasteiger partial charge in [0.25, 0.3) is 5.91 Å². The SMILES string of the molecule is CNC(=O)c1ccc(C(=O)OC)cc1Cl. The molecule has 0 radical (unpaired) electrons. The zero-order valence-corrected chi connectivity index (χ0v) is 9.09. The Labute approximate surface area is 92.2 Å². The van der Waals surface area contributed by atoms with E-state index in [4.69, 9.17) is 11.6 Å². The molecule has 4 nitrogen and oxygen atoms in total. The van der Waals surface area contributed by atoms with Crippen LogP contribution in [-0.2, 0) is 4.74 Å². The monoisotopic (exact) mass is 227 g/mol. The van der Waals surface area contributed by atoms with Crippen LogP contribution in [0.4, 0.5) is 0 Å². The van der Waals surface area contributed by atoms with Crippen molar-refractivity contribution >= 4 is 23.5 Å². The third kappa shape index (κ3) is 2.47. The summed E-state index contributed by atoms with van der Waals surface area (Å²) in [6, 6.07) is 4.37. The number of hydrogen-bond acceptors (Lipinski definition) is 3. The number of ether oxygens (including phenoxy) is 1. The predicted molar refractivity (Wildman–Crippen MR) is 56.2 cm³/mol. The Morgan fingerprint density at radius 1 is 1.40 bits per heavy atom. The fourth-order valence-electron chi connectivity index (χ4n) is 1.08. The summed E-state index contributed by atoms with van der Waals surface area (Å²) in [5, 5.41) is 2.66. The first kappa shape index (κ1) is 11.5. The Hall–Kier alpha value is -1.55. The van der Waals surface area contributed by atoms with Gasteiger partial charge in [-0.25, -0.2) is 4.79 Å². The Balaban J connectivity index is 3.08. The van der Waals surface area contributed by atoms with Gasteiger partial charge in [-0.3, -0.25) is 4.79 Å². The first-order valence-electron chi connectivity index (χ1n) is 4.20. The van der Waals surface area contributed by atoms with Crippen LogP contribution in [0.3, 0.4) is 0 Å². The minimum absolute atomic E-state index is 0.220. The average Bonchev–Trinajstić information content (AvgIpc) is 2.26. The van der Waals surface area contributed by atoms with Crippen molar-refractivity contribution in [3.63, 3.8) is 0 Å². The minimum Gasteiger partial charge on any atom is -0.465 e. The summed E-state index contributed by atoms with van der Waals surface area (Å²) in [5.41, 5.74) is 0.641. The molecule has 15 heavy (non-hydrogen) atoms. The summed E-state index contributed by atoms with van der Waals surface area (Å²) in [4.78, 5) is 22.4. The highest BCUT2D eigenvalue weighted by atomic mass is 35.5. The molecule has 1 aromatic rings. The van der Waals surface area contributed by atoms with Gasteiger partial charge in [0, 0.05) is 7.05 Å². The minimum atomic E-state index is -0.486. The average molecular weight is 228 g/mol. The van der Waals surface area contributed by atoms with Crippen molar-refractivity contribution in [1.29, 1.82) is 0 Å². The Morgan fingerprint density at radius 3 is 2.53 bits per heavy atom. The van der Waals surface area contributed by atoms with Crippen LogP contribution >= 0.6 is 11.6 Å². The molecule has 0 aliphatic carbocycles. The third-order valence-electron chi connectivity index (χ3n) is 1.86. The second-order valence-corrected chi connectivity index (χ2v) is 3.17. The van der Waals surface area contributed by atoms with Gasteiger partial charge in [-0.05, 0) is 18.2 Å². The van der Waals surface area contributed by atoms with Crippen molar-refractivity contribution in [3.8, 4) is 0 Å². The second-order valence-electron chi connectivity index (χ2n) is 2.77. The lowest BCUT2D eigenvalue weighted by Gasteiger charge is -2.04. The third-order valence-corrected chi connectivity index (χ3v) is 2.17. The fourth-order valence-corrected chi connectivity index (χ4v) is 1.35. The number of rotatable bonds is 2. The van der Waals surface area contributed by atoms with Crippen molar-refractivity contribution in [2.45, 2.75) is 0 Å². The summed E-state index contributed by atoms with van der Waals surface area (Å²) in [6.07, 6.45) is 0. The molecule has 1 aromatic carbocycles. The van der Waals surface area contributed by atoms with Crippen LogP contribution in [0.1, 0.15) is 20.7 Å². The topological polar surface area (TPSA) is 55.4 Å². The van der Waals surface area contributed by atoms with Gasteiger partial charge in [0.15, 0.2) is 0 Å². The van der Waals surface area contributed by atoms with Crippen LogP contribution in [0.15, 0.2) is 18.2 Å². The molecule has 80 valence electrons. The van der Waals surface area contributed by atoms with E-state index in [2.05, 4.69) is 10.1 Å². The molecule has 0 aliphatic heterocycles. The second kappa shape index (κ2) is 4.79. The molecule has 0 aliphatic rings. The smallest absolute Gasteiger partial charge is 0.337 e. The molecular weight excluding hydrogens is 218 g/mol. The van der Waals surface area contributed by atoms with Crippen LogP contribution in [0.25, 0.3) is 0 Å². The number of carbonyl (C=O) groups is 2. The lowest BCUT2D eigenvalue weighted by atomic mass is 10.1. The first-order valence-corrected chi connectivity index (χ1v) is 4.58. The number of benzene rings is 1. The maximum absolute atomic E-state index is 11.3. The number of esters is 1. The highest BCUT2D eigenvalue weighted by molar-refractivity contribution is 6.34. The molecule has 5 heteroatoms. The van der Waals surface area contributed by atoms with Crippen molar-refractivity contribution in [2.75, 3.05) is 14.2 Å². The summed E-state index contributed by atoms with van der Waals surface area (Å²) in [6.45, 7) is 0. The number of amides is 1. The molecule has 0 bridgehead atoms. The maximum atomic E-state index is 11.3. The van der Waals surface area contributed by atoms with Gasteiger partial charge in [0.2, 0.25) is 0 Å². The molecule has 0 unspecified atom stereocenters. The lowest BCUT2D eigenvalue weighted by Crippen LogP contribution is -2.18. The van der Waals surface area contributed by atoms with E-state index in [1.807, 2.05) is 0 Å². The van der Waals surface area contributed by atoms with Gasteiger partial charge < -0.3 is 10.1 Å². The highest BCUT2D eigenvalue weighted by Gasteiger charge is 2.12. The van der Waals surface area contributed by atoms with E-state index in [1.165, 1.54) is 32.4 Å². The van der Waals surface area contributed by atoms with E-state index in [-0.39, 0.29) is 10.9 Å². The van der Waals surface area contributed by atoms with Crippen LogP contribution in [0, 0.1) is 0 Å². The Bertz CT molecular complexity index is 404. The van der Waals surface area contributed by atoms with Crippen LogP contribution in [0.5, 0.6) is 0 Å². The summed E-state index contributed by atoms with van der Waals surface area (Å²) in [7, 11) is 2.79. The molecule has 1 rings (SSSR count). The quantitative estimate of drug-likeness (QED) is 0.779. The van der Waals surface area contributed by atoms with Crippen molar-refractivity contribution in [1.82, 2.24) is 5.32 Å². The summed E-state index contributed by atoms with van der Waals surface area (Å²) >= 11 is 5.84. The van der Waals surface area contributed by atoms with Gasteiger partial charge >= 0.3 is 5.97 Å². The molecule has 1 N–H and O–H groups in total. The first-order chi connectivity index (χ1) is 7.10. The van der Waals surface area contributed by atoms with Crippen LogP contribution in [0.2, 0.25) is 5.02 Å². The van der Waals surface area contributed by atoms with E-state index < -0.39 is 5.97 Å². The predicted octanol–water partition coefficient (Wildman–Crippen LogP) is 1.49. The van der Waals surface area contributed by atoms with E-state index in [1.54, 1.807) is 0 Å². The van der Waals surface area contributed by atoms with Crippen molar-refractivity contribution in [3.05, 3.63) is 34.3 Å². The number of carbonyl (C=O) groups excluding carboxylic acids is 2. The molecular formula is C10H10ClNO3. The maximum Gasteiger partial charge on any atom is 0.337 e. The number of methoxy groups -OCH3 is 1. The molecule has 0 heterocycles. The van der Waals surface area contributed by atoms with Crippen molar-refractivity contribution < 1.29 is 14.3 Å². The largest absolute Gasteiger partial charge is 0.465 e. The molecule has 0 saturated heterocycles. The normalized spacial score (nSPS) is 9.53. The van der Waals surface area contributed by atoms with Gasteiger partial charge in [0.1, 0.15) is 0 Å². The van der Waals surface area contributed by atoms with E-state index in [0.29, 0.717) is 11.1 Å². The van der Waals surface area contributed by atoms with Crippen molar-refractivity contribution in [2.24, 2.45) is 0 Å². The van der Waals surface area contributed by atoms with Crippen LogP contribution < -0.4 is 5.32 Å². The van der Waals surface area contributed by atoms with E-state index in [9.17, 15) is 9.59 Å². The standard InChI is InChI=1S/C10H10ClNO3/c1-12-9(13)7-4-3-6(5-8(7)11)10(14)15-2/h3-5H,1-2H3,(H,12,13). The van der Waals surface area contributed by atoms with Gasteiger partial charge in [-0.1, -0.05) is 11.6 Å². The van der Waals surface area contributed by atoms with Gasteiger partial charge in [-0.2, -0.15) is 0 Å². The zero-order valence-electron chi connectivity index (χ0n) is 8.33.